The third-order valence-corrected chi connectivity index (χ3v) is 5.61. The summed E-state index contributed by atoms with van der Waals surface area (Å²) in [5, 5.41) is 10.6. The van der Waals surface area contributed by atoms with Crippen molar-refractivity contribution in [2.24, 2.45) is 0 Å². The maximum Gasteiger partial charge on any atom is 0.319 e. The number of anilines is 1. The van der Waals surface area contributed by atoms with E-state index in [0.717, 1.165) is 28.3 Å². The lowest BCUT2D eigenvalue weighted by Crippen LogP contribution is -2.29. The Morgan fingerprint density at radius 3 is 2.62 bits per heavy atom. The van der Waals surface area contributed by atoms with E-state index in [1.165, 1.54) is 0 Å². The van der Waals surface area contributed by atoms with Crippen LogP contribution in [0.2, 0.25) is 0 Å². The molecule has 0 radical (unpaired) electrons. The average Bonchev–Trinajstić information content (AvgIpc) is 3.36. The van der Waals surface area contributed by atoms with Crippen LogP contribution in [0.5, 0.6) is 0 Å². The Kier molecular flexibility index (Phi) is 6.47. The highest BCUT2D eigenvalue weighted by Gasteiger charge is 2.34. The predicted molar refractivity (Wildman–Crippen MR) is 131 cm³/mol. The zero-order chi connectivity index (χ0) is 24.5. The summed E-state index contributed by atoms with van der Waals surface area (Å²) in [6.07, 6.45) is 1.41. The van der Waals surface area contributed by atoms with E-state index in [2.05, 4.69) is 55.4 Å². The Bertz CT molecular complexity index is 1160. The molecule has 1 atom stereocenters. The van der Waals surface area contributed by atoms with Gasteiger partial charge in [-0.2, -0.15) is 5.10 Å². The van der Waals surface area contributed by atoms with Crippen LogP contribution < -0.4 is 10.6 Å². The lowest BCUT2D eigenvalue weighted by molar-refractivity contribution is -0.139. The predicted octanol–water partition coefficient (Wildman–Crippen LogP) is 5.02. The van der Waals surface area contributed by atoms with Gasteiger partial charge in [0.2, 0.25) is 0 Å². The Balaban J connectivity index is 1.42. The highest BCUT2D eigenvalue weighted by Crippen LogP contribution is 2.32. The van der Waals surface area contributed by atoms with Gasteiger partial charge in [0.05, 0.1) is 47.8 Å². The van der Waals surface area contributed by atoms with Gasteiger partial charge in [0, 0.05) is 5.41 Å². The molecule has 1 unspecified atom stereocenters. The van der Waals surface area contributed by atoms with Crippen LogP contribution in [-0.2, 0) is 21.4 Å². The van der Waals surface area contributed by atoms with Crippen molar-refractivity contribution in [2.45, 2.75) is 65.4 Å². The molecule has 1 fully saturated rings. The third-order valence-electron chi connectivity index (χ3n) is 5.61. The van der Waals surface area contributed by atoms with E-state index in [-0.39, 0.29) is 17.6 Å². The maximum atomic E-state index is 12.6. The van der Waals surface area contributed by atoms with Crippen molar-refractivity contribution in [2.75, 3.05) is 11.9 Å². The molecule has 0 spiro atoms. The summed E-state index contributed by atoms with van der Waals surface area (Å²) in [6, 6.07) is 13.5. The van der Waals surface area contributed by atoms with Crippen LogP contribution in [0.3, 0.4) is 0 Å². The summed E-state index contributed by atoms with van der Waals surface area (Å²) in [4.78, 5) is 17.0. The second-order valence-corrected chi connectivity index (χ2v) is 10.1. The molecule has 3 aromatic rings. The first-order valence-electron chi connectivity index (χ1n) is 11.5. The van der Waals surface area contributed by atoms with E-state index >= 15 is 0 Å². The van der Waals surface area contributed by atoms with E-state index in [1.807, 2.05) is 48.9 Å². The van der Waals surface area contributed by atoms with Gasteiger partial charge in [-0.3, -0.25) is 4.98 Å². The van der Waals surface area contributed by atoms with Crippen molar-refractivity contribution in [3.8, 4) is 5.69 Å². The van der Waals surface area contributed by atoms with Crippen molar-refractivity contribution >= 4 is 11.7 Å². The van der Waals surface area contributed by atoms with Gasteiger partial charge in [-0.1, -0.05) is 32.9 Å². The van der Waals surface area contributed by atoms with Gasteiger partial charge in [-0.05, 0) is 56.7 Å². The minimum Gasteiger partial charge on any atom is -0.347 e. The number of urea groups is 1. The summed E-state index contributed by atoms with van der Waals surface area (Å²) >= 11 is 0. The van der Waals surface area contributed by atoms with Crippen molar-refractivity contribution in [1.29, 1.82) is 0 Å². The third kappa shape index (κ3) is 5.63. The summed E-state index contributed by atoms with van der Waals surface area (Å²) in [5.41, 5.74) is 5.25. The maximum absolute atomic E-state index is 12.6. The molecule has 0 saturated carbocycles. The molecule has 2 N–H and O–H groups in total. The topological polar surface area (TPSA) is 90.3 Å². The highest BCUT2D eigenvalue weighted by molar-refractivity contribution is 5.88. The zero-order valence-corrected chi connectivity index (χ0v) is 20.7. The fourth-order valence-corrected chi connectivity index (χ4v) is 3.74. The van der Waals surface area contributed by atoms with Gasteiger partial charge in [0.15, 0.2) is 5.79 Å². The number of benzene rings is 1. The zero-order valence-electron chi connectivity index (χ0n) is 20.7. The van der Waals surface area contributed by atoms with Gasteiger partial charge >= 0.3 is 6.03 Å². The van der Waals surface area contributed by atoms with Gasteiger partial charge in [0.25, 0.3) is 0 Å². The first-order chi connectivity index (χ1) is 16.0. The van der Waals surface area contributed by atoms with Crippen LogP contribution in [-0.4, -0.2) is 33.2 Å². The number of amides is 2. The molecule has 1 aliphatic heterocycles. The summed E-state index contributed by atoms with van der Waals surface area (Å²) in [6.45, 7) is 13.0. The van der Waals surface area contributed by atoms with Crippen LogP contribution >= 0.6 is 0 Å². The Morgan fingerprint density at radius 2 is 2.00 bits per heavy atom. The van der Waals surface area contributed by atoms with E-state index in [9.17, 15) is 4.79 Å². The monoisotopic (exact) mass is 463 g/mol. The number of carbonyl (C=O) groups is 1. The van der Waals surface area contributed by atoms with Crippen molar-refractivity contribution in [3.05, 3.63) is 71.3 Å². The van der Waals surface area contributed by atoms with Gasteiger partial charge < -0.3 is 20.1 Å². The largest absolute Gasteiger partial charge is 0.347 e. The van der Waals surface area contributed by atoms with E-state index < -0.39 is 5.79 Å². The van der Waals surface area contributed by atoms with Gasteiger partial charge in [-0.15, -0.1) is 0 Å². The van der Waals surface area contributed by atoms with E-state index in [1.54, 1.807) is 6.20 Å². The molecule has 1 saturated heterocycles. The molecule has 3 heterocycles. The number of aryl methyl sites for hydroxylation is 1. The molecule has 4 rings (SSSR count). The number of rotatable bonds is 5. The number of aromatic nitrogens is 3. The lowest BCUT2D eigenvalue weighted by Gasteiger charge is -2.16. The molecule has 0 bridgehead atoms. The number of hydrogen-bond donors (Lipinski definition) is 2. The van der Waals surface area contributed by atoms with Crippen molar-refractivity contribution in [1.82, 2.24) is 20.1 Å². The van der Waals surface area contributed by atoms with Gasteiger partial charge in [0.1, 0.15) is 6.10 Å². The Morgan fingerprint density at radius 1 is 1.21 bits per heavy atom. The van der Waals surface area contributed by atoms with Crippen molar-refractivity contribution in [3.63, 3.8) is 0 Å². The number of hydrogen-bond acceptors (Lipinski definition) is 5. The molecule has 1 aromatic carbocycles. The second-order valence-electron chi connectivity index (χ2n) is 10.1. The first kappa shape index (κ1) is 23.9. The smallest absolute Gasteiger partial charge is 0.319 e. The number of ether oxygens (including phenoxy) is 2. The Hall–Kier alpha value is -3.23. The molecule has 180 valence electrons. The van der Waals surface area contributed by atoms with Gasteiger partial charge in [-0.25, -0.2) is 9.48 Å². The molecule has 1 aliphatic rings. The molecule has 34 heavy (non-hydrogen) atoms. The molecule has 8 heteroatoms. The molecule has 8 nitrogen and oxygen atoms in total. The standard InChI is InChI=1S/C26H33N5O3/c1-17-8-7-9-19(12-17)31-20(13-23(30-31)25(2,3)4)15-28-24(32)29-18-10-11-21(27-14-18)22-16-33-26(5,6)34-22/h7-14,22H,15-16H2,1-6H3,(H2,28,29,32). The fourth-order valence-electron chi connectivity index (χ4n) is 3.74. The minimum atomic E-state index is -0.610. The quantitative estimate of drug-likeness (QED) is 0.555. The second kappa shape index (κ2) is 9.19. The van der Waals surface area contributed by atoms with Crippen LogP contribution in [0.15, 0.2) is 48.7 Å². The fraction of sp³-hybridized carbons (Fsp3) is 0.423. The number of nitrogens with one attached hydrogen (secondary N) is 2. The highest BCUT2D eigenvalue weighted by atomic mass is 16.7. The number of carbonyl (C=O) groups excluding carboxylic acids is 1. The SMILES string of the molecule is Cc1cccc(-n2nc(C(C)(C)C)cc2CNC(=O)Nc2ccc(C3COC(C)(C)O3)nc2)c1. The number of nitrogens with zero attached hydrogens (tertiary/aromatic N) is 3. The normalized spacial score (nSPS) is 17.5. The lowest BCUT2D eigenvalue weighted by atomic mass is 9.92. The number of pyridine rings is 1. The summed E-state index contributed by atoms with van der Waals surface area (Å²) in [7, 11) is 0. The molecule has 2 amide bonds. The molecular formula is C26H33N5O3. The van der Waals surface area contributed by atoms with E-state index in [0.29, 0.717) is 18.8 Å². The minimum absolute atomic E-state index is 0.108. The molecular weight excluding hydrogens is 430 g/mol. The van der Waals surface area contributed by atoms with E-state index in [4.69, 9.17) is 14.6 Å². The van der Waals surface area contributed by atoms with Crippen LogP contribution in [0.1, 0.15) is 63.4 Å². The molecule has 2 aromatic heterocycles. The molecule has 0 aliphatic carbocycles. The first-order valence-corrected chi connectivity index (χ1v) is 11.5. The van der Waals surface area contributed by atoms with Crippen LogP contribution in [0, 0.1) is 6.92 Å². The summed E-state index contributed by atoms with van der Waals surface area (Å²) < 4.78 is 13.3. The van der Waals surface area contributed by atoms with Crippen LogP contribution in [0.25, 0.3) is 5.69 Å². The average molecular weight is 464 g/mol. The summed E-state index contributed by atoms with van der Waals surface area (Å²) in [5.74, 6) is -0.610. The van der Waals surface area contributed by atoms with Crippen molar-refractivity contribution < 1.29 is 14.3 Å². The Labute approximate surface area is 200 Å². The van der Waals surface area contributed by atoms with Crippen LogP contribution in [0.4, 0.5) is 10.5 Å².